The summed E-state index contributed by atoms with van der Waals surface area (Å²) in [6.07, 6.45) is -0.0122. The van der Waals surface area contributed by atoms with Gasteiger partial charge in [0.25, 0.3) is 0 Å². The van der Waals surface area contributed by atoms with E-state index in [2.05, 4.69) is 4.74 Å². The summed E-state index contributed by atoms with van der Waals surface area (Å²) in [4.78, 5) is 21.8. The third-order valence-electron chi connectivity index (χ3n) is 2.66. The Bertz CT molecular complexity index is 584. The van der Waals surface area contributed by atoms with Crippen molar-refractivity contribution in [3.05, 3.63) is 30.3 Å². The number of rotatable bonds is 8. The number of nitrogens with zero attached hydrogens (tertiary/aromatic N) is 1. The number of para-hydroxylation sites is 1. The number of sulfonamides is 1. The van der Waals surface area contributed by atoms with Gasteiger partial charge < -0.3 is 9.84 Å². The molecule has 8 heteroatoms. The van der Waals surface area contributed by atoms with Crippen molar-refractivity contribution in [2.24, 2.45) is 0 Å². The molecular weight excluding hydrogens is 298 g/mol. The molecular formula is C13H17NO6S. The molecule has 0 spiro atoms. The smallest absolute Gasteiger partial charge is 0.322 e. The summed E-state index contributed by atoms with van der Waals surface area (Å²) < 4.78 is 29.9. The Balaban J connectivity index is 2.96. The van der Waals surface area contributed by atoms with Crippen LogP contribution in [-0.2, 0) is 24.3 Å². The Morgan fingerprint density at radius 1 is 1.24 bits per heavy atom. The fourth-order valence-electron chi connectivity index (χ4n) is 1.68. The van der Waals surface area contributed by atoms with E-state index in [0.717, 1.165) is 11.4 Å². The maximum atomic E-state index is 12.3. The molecule has 0 atom stereocenters. The second-order valence-corrected chi connectivity index (χ2v) is 6.13. The van der Waals surface area contributed by atoms with Gasteiger partial charge in [0, 0.05) is 13.0 Å². The molecule has 1 rings (SSSR count). The van der Waals surface area contributed by atoms with E-state index in [1.165, 1.54) is 0 Å². The largest absolute Gasteiger partial charge is 0.481 e. The first kappa shape index (κ1) is 17.0. The van der Waals surface area contributed by atoms with Gasteiger partial charge in [-0.1, -0.05) is 18.2 Å². The molecule has 1 aromatic carbocycles. The number of anilines is 1. The summed E-state index contributed by atoms with van der Waals surface area (Å²) >= 11 is 0. The van der Waals surface area contributed by atoms with Gasteiger partial charge in [-0.3, -0.25) is 13.9 Å². The van der Waals surface area contributed by atoms with Gasteiger partial charge in [0.15, 0.2) is 5.75 Å². The molecule has 0 aliphatic rings. The lowest BCUT2D eigenvalue weighted by atomic mass is 10.3. The molecule has 0 saturated carbocycles. The molecule has 0 heterocycles. The highest BCUT2D eigenvalue weighted by atomic mass is 32.2. The molecule has 0 saturated heterocycles. The number of carbonyl (C=O) groups is 2. The van der Waals surface area contributed by atoms with Crippen molar-refractivity contribution in [3.63, 3.8) is 0 Å². The van der Waals surface area contributed by atoms with Crippen molar-refractivity contribution in [1.82, 2.24) is 0 Å². The summed E-state index contributed by atoms with van der Waals surface area (Å²) in [6.45, 7) is -0.0182. The fourth-order valence-corrected chi connectivity index (χ4v) is 3.10. The van der Waals surface area contributed by atoms with E-state index in [1.807, 2.05) is 0 Å². The average molecular weight is 315 g/mol. The number of aliphatic carboxylic acids is 1. The number of hydrogen-bond donors (Lipinski definition) is 1. The summed E-state index contributed by atoms with van der Waals surface area (Å²) in [7, 11) is -2.81. The van der Waals surface area contributed by atoms with E-state index < -0.39 is 27.7 Å². The predicted octanol–water partition coefficient (Wildman–Crippen LogP) is 0.861. The summed E-state index contributed by atoms with van der Waals surface area (Å²) in [5.41, 5.74) is 0.381. The zero-order valence-electron chi connectivity index (χ0n) is 11.6. The van der Waals surface area contributed by atoms with Crippen LogP contribution >= 0.6 is 0 Å². The van der Waals surface area contributed by atoms with Gasteiger partial charge in [0.2, 0.25) is 10.0 Å². The predicted molar refractivity (Wildman–Crippen MR) is 76.5 cm³/mol. The van der Waals surface area contributed by atoms with Crippen LogP contribution < -0.4 is 4.31 Å². The van der Waals surface area contributed by atoms with E-state index >= 15 is 0 Å². The average Bonchev–Trinajstić information content (AvgIpc) is 2.43. The normalized spacial score (nSPS) is 10.9. The number of carboxylic acid groups (broad SMARTS) is 1. The van der Waals surface area contributed by atoms with Crippen molar-refractivity contribution in [2.75, 3.05) is 23.7 Å². The SMILES string of the molecule is COC(=O)CS(=O)(=O)N(CCCC(=O)O)c1ccccc1. The zero-order chi connectivity index (χ0) is 15.9. The molecule has 0 aliphatic heterocycles. The Morgan fingerprint density at radius 3 is 2.38 bits per heavy atom. The maximum absolute atomic E-state index is 12.3. The molecule has 0 radical (unpaired) electrons. The van der Waals surface area contributed by atoms with Gasteiger partial charge in [0.05, 0.1) is 12.8 Å². The third-order valence-corrected chi connectivity index (χ3v) is 4.33. The lowest BCUT2D eigenvalue weighted by molar-refractivity contribution is -0.138. The van der Waals surface area contributed by atoms with Gasteiger partial charge in [-0.15, -0.1) is 0 Å². The van der Waals surface area contributed by atoms with Gasteiger partial charge in [0.1, 0.15) is 0 Å². The fraction of sp³-hybridized carbons (Fsp3) is 0.385. The van der Waals surface area contributed by atoms with E-state index in [0.29, 0.717) is 5.69 Å². The summed E-state index contributed by atoms with van der Waals surface area (Å²) in [5, 5.41) is 8.64. The van der Waals surface area contributed by atoms with Gasteiger partial charge in [-0.2, -0.15) is 0 Å². The second kappa shape index (κ2) is 7.63. The van der Waals surface area contributed by atoms with E-state index in [-0.39, 0.29) is 19.4 Å². The number of benzene rings is 1. The van der Waals surface area contributed by atoms with Crippen LogP contribution in [0.5, 0.6) is 0 Å². The number of methoxy groups -OCH3 is 1. The quantitative estimate of drug-likeness (QED) is 0.714. The van der Waals surface area contributed by atoms with Gasteiger partial charge >= 0.3 is 11.9 Å². The van der Waals surface area contributed by atoms with Crippen molar-refractivity contribution >= 4 is 27.6 Å². The minimum atomic E-state index is -3.92. The Morgan fingerprint density at radius 2 is 1.86 bits per heavy atom. The van der Waals surface area contributed by atoms with Crippen molar-refractivity contribution in [2.45, 2.75) is 12.8 Å². The highest BCUT2D eigenvalue weighted by molar-refractivity contribution is 7.93. The molecule has 7 nitrogen and oxygen atoms in total. The monoisotopic (exact) mass is 315 g/mol. The number of esters is 1. The van der Waals surface area contributed by atoms with Gasteiger partial charge in [-0.05, 0) is 18.6 Å². The molecule has 21 heavy (non-hydrogen) atoms. The first-order valence-electron chi connectivity index (χ1n) is 6.21. The second-order valence-electron chi connectivity index (χ2n) is 4.24. The molecule has 0 amide bonds. The molecule has 0 fully saturated rings. The van der Waals surface area contributed by atoms with Crippen molar-refractivity contribution in [1.29, 1.82) is 0 Å². The summed E-state index contributed by atoms with van der Waals surface area (Å²) in [6, 6.07) is 8.21. The number of ether oxygens (including phenoxy) is 1. The minimum Gasteiger partial charge on any atom is -0.481 e. The standard InChI is InChI=1S/C13H17NO6S/c1-20-13(17)10-21(18,19)14(9-5-8-12(15)16)11-6-3-2-4-7-11/h2-4,6-7H,5,8-10H2,1H3,(H,15,16). The Labute approximate surface area is 123 Å². The van der Waals surface area contributed by atoms with Crippen molar-refractivity contribution in [3.8, 4) is 0 Å². The Kier molecular flexibility index (Phi) is 6.16. The highest BCUT2D eigenvalue weighted by Crippen LogP contribution is 2.19. The van der Waals surface area contributed by atoms with Crippen LogP contribution in [0.1, 0.15) is 12.8 Å². The maximum Gasteiger partial charge on any atom is 0.322 e. The Hall–Kier alpha value is -2.09. The minimum absolute atomic E-state index is 0.0182. The van der Waals surface area contributed by atoms with Crippen LogP contribution in [0.2, 0.25) is 0 Å². The van der Waals surface area contributed by atoms with Crippen LogP contribution in [0.15, 0.2) is 30.3 Å². The molecule has 116 valence electrons. The van der Waals surface area contributed by atoms with E-state index in [9.17, 15) is 18.0 Å². The zero-order valence-corrected chi connectivity index (χ0v) is 12.4. The number of carboxylic acids is 1. The van der Waals surface area contributed by atoms with Crippen LogP contribution in [0.4, 0.5) is 5.69 Å². The van der Waals surface area contributed by atoms with Crippen molar-refractivity contribution < 1.29 is 27.9 Å². The molecule has 1 N–H and O–H groups in total. The molecule has 0 bridgehead atoms. The first-order valence-corrected chi connectivity index (χ1v) is 7.82. The molecule has 0 unspecified atom stereocenters. The van der Waals surface area contributed by atoms with Gasteiger partial charge in [-0.25, -0.2) is 8.42 Å². The molecule has 0 aromatic heterocycles. The summed E-state index contributed by atoms with van der Waals surface area (Å²) in [5.74, 6) is -2.66. The molecule has 0 aliphatic carbocycles. The lowest BCUT2D eigenvalue weighted by Crippen LogP contribution is -2.36. The third kappa shape index (κ3) is 5.42. The van der Waals surface area contributed by atoms with Crippen LogP contribution in [-0.4, -0.2) is 44.9 Å². The van der Waals surface area contributed by atoms with Crippen LogP contribution in [0.25, 0.3) is 0 Å². The molecule has 1 aromatic rings. The highest BCUT2D eigenvalue weighted by Gasteiger charge is 2.26. The first-order chi connectivity index (χ1) is 9.86. The van der Waals surface area contributed by atoms with Crippen LogP contribution in [0, 0.1) is 0 Å². The topological polar surface area (TPSA) is 101 Å². The van der Waals surface area contributed by atoms with Crippen LogP contribution in [0.3, 0.4) is 0 Å². The van der Waals surface area contributed by atoms with E-state index in [1.54, 1.807) is 30.3 Å². The number of carbonyl (C=O) groups excluding carboxylic acids is 1. The number of hydrogen-bond acceptors (Lipinski definition) is 5. The van der Waals surface area contributed by atoms with E-state index in [4.69, 9.17) is 5.11 Å². The lowest BCUT2D eigenvalue weighted by Gasteiger charge is -2.23.